The fourth-order valence-corrected chi connectivity index (χ4v) is 5.97. The molecule has 1 saturated carbocycles. The first-order valence-corrected chi connectivity index (χ1v) is 11.5. The number of rotatable bonds is 5. The molecule has 5 heteroatoms. The Hall–Kier alpha value is -2.81. The van der Waals surface area contributed by atoms with Gasteiger partial charge < -0.3 is 14.8 Å². The van der Waals surface area contributed by atoms with Crippen molar-refractivity contribution < 1.29 is 9.84 Å². The second-order valence-electron chi connectivity index (χ2n) is 9.71. The lowest BCUT2D eigenvalue weighted by atomic mass is 9.56. The van der Waals surface area contributed by atoms with Gasteiger partial charge >= 0.3 is 0 Å². The number of aryl methyl sites for hydroxylation is 1. The van der Waals surface area contributed by atoms with Gasteiger partial charge in [0.1, 0.15) is 5.75 Å². The summed E-state index contributed by atoms with van der Waals surface area (Å²) in [6.45, 7) is 4.01. The average molecular weight is 430 g/mol. The summed E-state index contributed by atoms with van der Waals surface area (Å²) in [5.41, 5.74) is 6.11. The van der Waals surface area contributed by atoms with Crippen molar-refractivity contribution in [3.05, 3.63) is 64.8 Å². The Morgan fingerprint density at radius 1 is 1.22 bits per heavy atom. The molecular weight excluding hydrogens is 398 g/mol. The van der Waals surface area contributed by atoms with Crippen LogP contribution in [0.15, 0.2) is 42.6 Å². The summed E-state index contributed by atoms with van der Waals surface area (Å²) in [6.07, 6.45) is 6.28. The molecule has 5 nitrogen and oxygen atoms in total. The molecule has 2 fully saturated rings. The average Bonchev–Trinajstić information content (AvgIpc) is 3.30. The molecule has 1 spiro atoms. The number of aliphatic hydroxyl groups excluding tert-OH is 1. The molecule has 32 heavy (non-hydrogen) atoms. The SMILES string of the molecule is COc1cc(C)c2[nH]ccc2c1CN1CCC2(CC(C#N)C2)C[C@H]1c1ccc(CO)cc1. The Balaban J connectivity index is 1.49. The molecule has 0 unspecified atom stereocenters. The summed E-state index contributed by atoms with van der Waals surface area (Å²) < 4.78 is 5.81. The summed E-state index contributed by atoms with van der Waals surface area (Å²) in [6, 6.07) is 15.4. The molecule has 166 valence electrons. The lowest BCUT2D eigenvalue weighted by Gasteiger charge is -2.53. The third kappa shape index (κ3) is 3.58. The van der Waals surface area contributed by atoms with E-state index in [2.05, 4.69) is 47.1 Å². The Labute approximate surface area is 189 Å². The molecule has 2 N–H and O–H groups in total. The first-order valence-electron chi connectivity index (χ1n) is 11.5. The second-order valence-corrected chi connectivity index (χ2v) is 9.71. The number of ether oxygens (including phenoxy) is 1. The molecule has 0 bridgehead atoms. The number of hydrogen-bond donors (Lipinski definition) is 2. The van der Waals surface area contributed by atoms with Crippen molar-refractivity contribution in [2.75, 3.05) is 13.7 Å². The van der Waals surface area contributed by atoms with Crippen LogP contribution in [-0.4, -0.2) is 28.6 Å². The number of nitriles is 1. The van der Waals surface area contributed by atoms with Crippen molar-refractivity contribution in [3.63, 3.8) is 0 Å². The Kier molecular flexibility index (Phi) is 5.44. The normalized spacial score (nSPS) is 25.6. The second kappa shape index (κ2) is 8.27. The van der Waals surface area contributed by atoms with Crippen LogP contribution in [0, 0.1) is 29.6 Å². The molecule has 1 aliphatic carbocycles. The van der Waals surface area contributed by atoms with Crippen LogP contribution >= 0.6 is 0 Å². The van der Waals surface area contributed by atoms with E-state index in [1.165, 1.54) is 27.6 Å². The molecule has 3 aromatic rings. The first kappa shape index (κ1) is 21.1. The number of nitrogens with one attached hydrogen (secondary N) is 1. The number of likely N-dealkylation sites (tertiary alicyclic amines) is 1. The molecule has 0 radical (unpaired) electrons. The van der Waals surface area contributed by atoms with Crippen LogP contribution in [-0.2, 0) is 13.2 Å². The highest BCUT2D eigenvalue weighted by atomic mass is 16.5. The van der Waals surface area contributed by atoms with Gasteiger partial charge in [-0.25, -0.2) is 0 Å². The highest BCUT2D eigenvalue weighted by Gasteiger charge is 2.49. The highest BCUT2D eigenvalue weighted by Crippen LogP contribution is 2.56. The van der Waals surface area contributed by atoms with Crippen molar-refractivity contribution in [2.24, 2.45) is 11.3 Å². The minimum Gasteiger partial charge on any atom is -0.496 e. The number of aromatic nitrogens is 1. The zero-order valence-electron chi connectivity index (χ0n) is 18.9. The van der Waals surface area contributed by atoms with Crippen molar-refractivity contribution in [1.82, 2.24) is 9.88 Å². The van der Waals surface area contributed by atoms with Crippen molar-refractivity contribution in [2.45, 2.75) is 51.8 Å². The maximum Gasteiger partial charge on any atom is 0.124 e. The lowest BCUT2D eigenvalue weighted by Crippen LogP contribution is -2.48. The van der Waals surface area contributed by atoms with Gasteiger partial charge in [-0.15, -0.1) is 0 Å². The van der Waals surface area contributed by atoms with Crippen LogP contribution < -0.4 is 4.74 Å². The fourth-order valence-electron chi connectivity index (χ4n) is 5.97. The molecule has 2 aromatic carbocycles. The number of H-pyrrole nitrogens is 1. The topological polar surface area (TPSA) is 72.3 Å². The van der Waals surface area contributed by atoms with E-state index in [0.29, 0.717) is 0 Å². The Morgan fingerprint density at radius 3 is 2.69 bits per heavy atom. The smallest absolute Gasteiger partial charge is 0.124 e. The molecular formula is C27H31N3O2. The number of aliphatic hydroxyl groups is 1. The third-order valence-corrected chi connectivity index (χ3v) is 7.78. The van der Waals surface area contributed by atoms with Gasteiger partial charge in [-0.2, -0.15) is 5.26 Å². The van der Waals surface area contributed by atoms with Crippen LogP contribution in [0.2, 0.25) is 0 Å². The van der Waals surface area contributed by atoms with Crippen LogP contribution in [0.5, 0.6) is 5.75 Å². The zero-order chi connectivity index (χ0) is 22.3. The number of aromatic amines is 1. The monoisotopic (exact) mass is 429 g/mol. The summed E-state index contributed by atoms with van der Waals surface area (Å²) >= 11 is 0. The summed E-state index contributed by atoms with van der Waals surface area (Å²) in [5.74, 6) is 1.16. The zero-order valence-corrected chi connectivity index (χ0v) is 18.9. The van der Waals surface area contributed by atoms with E-state index in [-0.39, 0.29) is 24.0 Å². The van der Waals surface area contributed by atoms with Gasteiger partial charge in [-0.05, 0) is 73.4 Å². The largest absolute Gasteiger partial charge is 0.496 e. The maximum absolute atomic E-state index is 9.47. The van der Waals surface area contributed by atoms with Gasteiger partial charge in [0.15, 0.2) is 0 Å². The van der Waals surface area contributed by atoms with Gasteiger partial charge in [0.05, 0.1) is 19.8 Å². The van der Waals surface area contributed by atoms with Crippen LogP contribution in [0.4, 0.5) is 0 Å². The van der Waals surface area contributed by atoms with E-state index in [1.807, 2.05) is 18.3 Å². The number of piperidine rings is 1. The van der Waals surface area contributed by atoms with E-state index in [0.717, 1.165) is 50.1 Å². The van der Waals surface area contributed by atoms with Crippen molar-refractivity contribution in [3.8, 4) is 11.8 Å². The van der Waals surface area contributed by atoms with Crippen molar-refractivity contribution in [1.29, 1.82) is 5.26 Å². The molecule has 0 amide bonds. The molecule has 2 aliphatic rings. The standard InChI is InChI=1S/C27H31N3O2/c1-18-11-25(32-2)23(22-7-9-29-26(18)22)16-30-10-8-27(12-20(13-27)15-28)14-24(30)21-5-3-19(17-31)4-6-21/h3-7,9,11,20,24,29,31H,8,10,12-14,16-17H2,1-2H3/t20?,24-,27?/m0/s1. The summed E-state index contributed by atoms with van der Waals surface area (Å²) in [4.78, 5) is 5.97. The number of nitrogens with zero attached hydrogens (tertiary/aromatic N) is 2. The minimum absolute atomic E-state index is 0.0640. The van der Waals surface area contributed by atoms with E-state index >= 15 is 0 Å². The predicted molar refractivity (Wildman–Crippen MR) is 125 cm³/mol. The quantitative estimate of drug-likeness (QED) is 0.582. The molecule has 1 aliphatic heterocycles. The number of methoxy groups -OCH3 is 1. The van der Waals surface area contributed by atoms with Crippen LogP contribution in [0.1, 0.15) is 54.0 Å². The summed E-state index contributed by atoms with van der Waals surface area (Å²) in [7, 11) is 1.75. The highest BCUT2D eigenvalue weighted by molar-refractivity contribution is 5.88. The van der Waals surface area contributed by atoms with Crippen LogP contribution in [0.25, 0.3) is 10.9 Å². The van der Waals surface area contributed by atoms with Crippen LogP contribution in [0.3, 0.4) is 0 Å². The van der Waals surface area contributed by atoms with Gasteiger partial charge in [0.25, 0.3) is 0 Å². The Morgan fingerprint density at radius 2 is 2.00 bits per heavy atom. The minimum atomic E-state index is 0.0640. The maximum atomic E-state index is 9.47. The predicted octanol–water partition coefficient (Wildman–Crippen LogP) is 5.23. The lowest BCUT2D eigenvalue weighted by molar-refractivity contribution is -0.0298. The molecule has 1 aromatic heterocycles. The molecule has 1 atom stereocenters. The Bertz CT molecular complexity index is 1150. The van der Waals surface area contributed by atoms with E-state index in [4.69, 9.17) is 4.74 Å². The van der Waals surface area contributed by atoms with Crippen molar-refractivity contribution >= 4 is 10.9 Å². The third-order valence-electron chi connectivity index (χ3n) is 7.78. The molecule has 5 rings (SSSR count). The van der Waals surface area contributed by atoms with Gasteiger partial charge in [0, 0.05) is 41.2 Å². The summed E-state index contributed by atoms with van der Waals surface area (Å²) in [5, 5.41) is 20.0. The van der Waals surface area contributed by atoms with Gasteiger partial charge in [-0.1, -0.05) is 24.3 Å². The van der Waals surface area contributed by atoms with Gasteiger partial charge in [0.2, 0.25) is 0 Å². The molecule has 2 heterocycles. The number of hydrogen-bond acceptors (Lipinski definition) is 4. The van der Waals surface area contributed by atoms with E-state index in [1.54, 1.807) is 7.11 Å². The number of benzene rings is 2. The fraction of sp³-hybridized carbons (Fsp3) is 0.444. The first-order chi connectivity index (χ1) is 15.6. The van der Waals surface area contributed by atoms with E-state index in [9.17, 15) is 10.4 Å². The van der Waals surface area contributed by atoms with Gasteiger partial charge in [-0.3, -0.25) is 4.90 Å². The number of fused-ring (bicyclic) bond motifs is 1. The van der Waals surface area contributed by atoms with E-state index < -0.39 is 0 Å². The molecule has 1 saturated heterocycles.